The number of ether oxygens (including phenoxy) is 1. The van der Waals surface area contributed by atoms with Crippen molar-refractivity contribution in [3.8, 4) is 0 Å². The quantitative estimate of drug-likeness (QED) is 0.293. The highest BCUT2D eigenvalue weighted by Crippen LogP contribution is 2.16. The number of aliphatic hydroxyl groups excluding tert-OH is 1. The van der Waals surface area contributed by atoms with E-state index in [0.717, 1.165) is 5.56 Å². The van der Waals surface area contributed by atoms with E-state index in [9.17, 15) is 19.5 Å². The van der Waals surface area contributed by atoms with Gasteiger partial charge in [-0.1, -0.05) is 56.3 Å². The molecule has 2 atom stereocenters. The normalized spacial score (nSPS) is 12.5. The number of benzene rings is 1. The molecule has 0 unspecified atom stereocenters. The second kappa shape index (κ2) is 15.8. The number of esters is 1. The molecule has 0 aromatic heterocycles. The summed E-state index contributed by atoms with van der Waals surface area (Å²) in [5, 5.41) is 12.3. The van der Waals surface area contributed by atoms with Crippen LogP contribution in [0.25, 0.3) is 0 Å². The molecule has 2 amide bonds. The van der Waals surface area contributed by atoms with Gasteiger partial charge in [0.15, 0.2) is 0 Å². The molecule has 0 aliphatic rings. The van der Waals surface area contributed by atoms with E-state index in [2.05, 4.69) is 18.5 Å². The van der Waals surface area contributed by atoms with Gasteiger partial charge in [-0.05, 0) is 24.3 Å². The number of aliphatic hydroxyl groups is 1. The summed E-state index contributed by atoms with van der Waals surface area (Å²) >= 11 is 0. The molecule has 1 aromatic rings. The van der Waals surface area contributed by atoms with Gasteiger partial charge in [-0.3, -0.25) is 14.4 Å². The number of hydrogen-bond donors (Lipinski definition) is 2. The lowest BCUT2D eigenvalue weighted by molar-refractivity contribution is -0.145. The Morgan fingerprint density at radius 1 is 1.15 bits per heavy atom. The highest BCUT2D eigenvalue weighted by Gasteiger charge is 2.27. The summed E-state index contributed by atoms with van der Waals surface area (Å²) < 4.78 is 5.30. The molecule has 0 bridgehead atoms. The van der Waals surface area contributed by atoms with Gasteiger partial charge in [-0.15, -0.1) is 13.2 Å². The third kappa shape index (κ3) is 11.0. The Kier molecular flexibility index (Phi) is 13.5. The van der Waals surface area contributed by atoms with Crippen LogP contribution in [-0.4, -0.2) is 53.6 Å². The zero-order valence-corrected chi connectivity index (χ0v) is 19.9. The molecule has 7 heteroatoms. The van der Waals surface area contributed by atoms with Gasteiger partial charge in [0.1, 0.15) is 6.61 Å². The molecule has 33 heavy (non-hydrogen) atoms. The first kappa shape index (κ1) is 28.1. The van der Waals surface area contributed by atoms with Crippen molar-refractivity contribution >= 4 is 17.8 Å². The average molecular weight is 459 g/mol. The monoisotopic (exact) mass is 458 g/mol. The van der Waals surface area contributed by atoms with E-state index < -0.39 is 5.92 Å². The Morgan fingerprint density at radius 3 is 2.42 bits per heavy atom. The van der Waals surface area contributed by atoms with Crippen molar-refractivity contribution in [2.75, 3.05) is 19.8 Å². The molecule has 0 fully saturated rings. The smallest absolute Gasteiger partial charge is 0.306 e. The maximum atomic E-state index is 13.0. The first-order valence-electron chi connectivity index (χ1n) is 11.4. The van der Waals surface area contributed by atoms with Crippen LogP contribution >= 0.6 is 0 Å². The summed E-state index contributed by atoms with van der Waals surface area (Å²) in [6, 6.07) is 9.13. The summed E-state index contributed by atoms with van der Waals surface area (Å²) in [6.07, 6.45) is 4.38. The van der Waals surface area contributed by atoms with Gasteiger partial charge in [0.2, 0.25) is 11.8 Å². The largest absolute Gasteiger partial charge is 0.463 e. The second-order valence-corrected chi connectivity index (χ2v) is 8.32. The summed E-state index contributed by atoms with van der Waals surface area (Å²) in [5.41, 5.74) is 0.946. The van der Waals surface area contributed by atoms with Gasteiger partial charge in [-0.25, -0.2) is 0 Å². The molecule has 7 nitrogen and oxygen atoms in total. The van der Waals surface area contributed by atoms with Crippen LogP contribution in [0.4, 0.5) is 0 Å². The fourth-order valence-electron chi connectivity index (χ4n) is 3.22. The molecule has 0 saturated carbocycles. The minimum absolute atomic E-state index is 0.00533. The van der Waals surface area contributed by atoms with E-state index >= 15 is 0 Å². The molecule has 0 aliphatic carbocycles. The number of carbonyl (C=O) groups excluding carboxylic acids is 3. The van der Waals surface area contributed by atoms with Gasteiger partial charge in [0.25, 0.3) is 0 Å². The van der Waals surface area contributed by atoms with E-state index in [-0.39, 0.29) is 62.3 Å². The van der Waals surface area contributed by atoms with Gasteiger partial charge in [0, 0.05) is 25.9 Å². The zero-order valence-electron chi connectivity index (χ0n) is 19.9. The minimum Gasteiger partial charge on any atom is -0.463 e. The topological polar surface area (TPSA) is 95.9 Å². The Bertz CT molecular complexity index is 763. The Hall–Kier alpha value is -2.93. The molecule has 0 heterocycles. The summed E-state index contributed by atoms with van der Waals surface area (Å²) in [5.74, 6) is -1.41. The predicted molar refractivity (Wildman–Crippen MR) is 129 cm³/mol. The summed E-state index contributed by atoms with van der Waals surface area (Å²) in [4.78, 5) is 39.4. The number of rotatable bonds is 16. The minimum atomic E-state index is -0.607. The van der Waals surface area contributed by atoms with Crippen LogP contribution < -0.4 is 5.32 Å². The number of hydrogen-bond acceptors (Lipinski definition) is 5. The maximum Gasteiger partial charge on any atom is 0.306 e. The molecule has 1 rings (SSSR count). The zero-order chi connectivity index (χ0) is 24.6. The maximum absolute atomic E-state index is 13.0. The van der Waals surface area contributed by atoms with Crippen LogP contribution in [-0.2, 0) is 25.7 Å². The standard InChI is InChI=1S/C26H38N2O5/c1-5-7-14-25(31)33-19-23(20(3)4)27-26(32)22(11-6-2)17-24(30)28(15-16-29)18-21-12-9-8-10-13-21/h5-6,8-10,12-13,20,22-23,29H,1-2,7,11,14-19H2,3-4H3,(H,27,32)/t22-,23+/m0/s1. The van der Waals surface area contributed by atoms with E-state index in [1.165, 1.54) is 0 Å². The number of nitrogens with zero attached hydrogens (tertiary/aromatic N) is 1. The first-order chi connectivity index (χ1) is 15.8. The van der Waals surface area contributed by atoms with Crippen molar-refractivity contribution in [2.45, 2.75) is 52.1 Å². The van der Waals surface area contributed by atoms with E-state index in [4.69, 9.17) is 4.74 Å². The van der Waals surface area contributed by atoms with Crippen LogP contribution in [0.15, 0.2) is 55.6 Å². The van der Waals surface area contributed by atoms with Crippen LogP contribution in [0.2, 0.25) is 0 Å². The molecule has 182 valence electrons. The average Bonchev–Trinajstić information content (AvgIpc) is 2.80. The van der Waals surface area contributed by atoms with E-state index in [1.54, 1.807) is 17.1 Å². The highest BCUT2D eigenvalue weighted by atomic mass is 16.5. The van der Waals surface area contributed by atoms with Crippen molar-refractivity contribution in [2.24, 2.45) is 11.8 Å². The van der Waals surface area contributed by atoms with Crippen molar-refractivity contribution in [1.29, 1.82) is 0 Å². The molecule has 0 saturated heterocycles. The van der Waals surface area contributed by atoms with Crippen LogP contribution in [0, 0.1) is 11.8 Å². The number of carbonyl (C=O) groups is 3. The van der Waals surface area contributed by atoms with Gasteiger partial charge in [-0.2, -0.15) is 0 Å². The lowest BCUT2D eigenvalue weighted by Crippen LogP contribution is -2.46. The fraction of sp³-hybridized carbons (Fsp3) is 0.500. The molecular formula is C26H38N2O5. The molecular weight excluding hydrogens is 420 g/mol. The summed E-state index contributed by atoms with van der Waals surface area (Å²) in [7, 11) is 0. The van der Waals surface area contributed by atoms with Crippen molar-refractivity contribution in [1.82, 2.24) is 10.2 Å². The Balaban J connectivity index is 2.79. The van der Waals surface area contributed by atoms with Crippen molar-refractivity contribution in [3.05, 3.63) is 61.2 Å². The van der Waals surface area contributed by atoms with Crippen LogP contribution in [0.3, 0.4) is 0 Å². The van der Waals surface area contributed by atoms with Crippen molar-refractivity contribution in [3.63, 3.8) is 0 Å². The second-order valence-electron chi connectivity index (χ2n) is 8.32. The Morgan fingerprint density at radius 2 is 1.85 bits per heavy atom. The summed E-state index contributed by atoms with van der Waals surface area (Å²) in [6.45, 7) is 11.6. The number of nitrogens with one attached hydrogen (secondary N) is 1. The van der Waals surface area contributed by atoms with Gasteiger partial charge < -0.3 is 20.1 Å². The third-order valence-corrected chi connectivity index (χ3v) is 5.29. The SMILES string of the molecule is C=CCCC(=O)OC[C@@H](NC(=O)[C@@H](CC=C)CC(=O)N(CCO)Cc1ccccc1)C(C)C. The lowest BCUT2D eigenvalue weighted by atomic mass is 9.97. The molecule has 0 spiro atoms. The fourth-order valence-corrected chi connectivity index (χ4v) is 3.22. The molecule has 0 radical (unpaired) electrons. The molecule has 0 aliphatic heterocycles. The Labute approximate surface area is 197 Å². The molecule has 2 N–H and O–H groups in total. The van der Waals surface area contributed by atoms with E-state index in [0.29, 0.717) is 19.4 Å². The number of allylic oxidation sites excluding steroid dienone is 2. The van der Waals surface area contributed by atoms with Crippen LogP contribution in [0.5, 0.6) is 0 Å². The lowest BCUT2D eigenvalue weighted by Gasteiger charge is -2.27. The molecule has 1 aromatic carbocycles. The first-order valence-corrected chi connectivity index (χ1v) is 11.4. The van der Waals surface area contributed by atoms with Gasteiger partial charge >= 0.3 is 5.97 Å². The third-order valence-electron chi connectivity index (χ3n) is 5.29. The van der Waals surface area contributed by atoms with Crippen LogP contribution in [0.1, 0.15) is 45.1 Å². The van der Waals surface area contributed by atoms with Gasteiger partial charge in [0.05, 0.1) is 18.6 Å². The number of amides is 2. The highest BCUT2D eigenvalue weighted by molar-refractivity contribution is 5.86. The predicted octanol–water partition coefficient (Wildman–Crippen LogP) is 3.24. The van der Waals surface area contributed by atoms with Crippen molar-refractivity contribution < 1.29 is 24.2 Å². The van der Waals surface area contributed by atoms with E-state index in [1.807, 2.05) is 44.2 Å².